The van der Waals surface area contributed by atoms with Crippen LogP contribution in [0.15, 0.2) is 24.3 Å². The fraction of sp³-hybridized carbons (Fsp3) is 0.917. The van der Waals surface area contributed by atoms with Crippen LogP contribution in [-0.2, 0) is 4.79 Å². The number of carbonyl (C=O) groups is 1. The topological polar surface area (TPSA) is 89.8 Å². The molecule has 0 aromatic heterocycles. The smallest absolute Gasteiger partial charge is 0.220 e. The SMILES string of the molecule is CCCCCCCCCCC/C=C\C/C=C\CCCCCCCCCCCCCCCC(=O)NC(CO)C(O)C(O)CCCCCCCCCCCCCCCCCCCCCCCC. The maximum absolute atomic E-state index is 12.5. The van der Waals surface area contributed by atoms with Crippen molar-refractivity contribution in [1.29, 1.82) is 0 Å². The number of hydrogen-bond donors (Lipinski definition) is 4. The molecule has 0 radical (unpaired) electrons. The minimum absolute atomic E-state index is 0.140. The largest absolute Gasteiger partial charge is 0.394 e. The molecule has 0 rings (SSSR count). The maximum Gasteiger partial charge on any atom is 0.220 e. The predicted molar refractivity (Wildman–Crippen MR) is 287 cm³/mol. The van der Waals surface area contributed by atoms with Gasteiger partial charge in [-0.05, 0) is 44.9 Å². The van der Waals surface area contributed by atoms with Crippen molar-refractivity contribution in [3.05, 3.63) is 24.3 Å². The first-order valence-electron chi connectivity index (χ1n) is 29.6. The van der Waals surface area contributed by atoms with E-state index in [4.69, 9.17) is 0 Å². The zero-order chi connectivity index (χ0) is 47.2. The molecule has 386 valence electrons. The summed E-state index contributed by atoms with van der Waals surface area (Å²) in [5, 5.41) is 33.8. The van der Waals surface area contributed by atoms with Crippen LogP contribution in [0.1, 0.15) is 328 Å². The van der Waals surface area contributed by atoms with Gasteiger partial charge in [-0.1, -0.05) is 301 Å². The van der Waals surface area contributed by atoms with E-state index >= 15 is 0 Å². The van der Waals surface area contributed by atoms with Crippen molar-refractivity contribution in [2.45, 2.75) is 347 Å². The summed E-state index contributed by atoms with van der Waals surface area (Å²) in [6, 6.07) is -0.809. The second-order valence-corrected chi connectivity index (χ2v) is 20.6. The number of amides is 1. The zero-order valence-electron chi connectivity index (χ0n) is 44.1. The van der Waals surface area contributed by atoms with Crippen molar-refractivity contribution in [3.63, 3.8) is 0 Å². The third-order valence-corrected chi connectivity index (χ3v) is 14.1. The van der Waals surface area contributed by atoms with Crippen LogP contribution in [0, 0.1) is 0 Å². The van der Waals surface area contributed by atoms with Crippen molar-refractivity contribution in [2.24, 2.45) is 0 Å². The Morgan fingerprint density at radius 3 is 0.969 bits per heavy atom. The van der Waals surface area contributed by atoms with E-state index in [2.05, 4.69) is 43.5 Å². The number of unbranched alkanes of at least 4 members (excludes halogenated alkanes) is 43. The molecule has 0 aliphatic carbocycles. The predicted octanol–water partition coefficient (Wildman–Crippen LogP) is 18.5. The highest BCUT2D eigenvalue weighted by Gasteiger charge is 2.26. The first-order chi connectivity index (χ1) is 32.1. The first-order valence-corrected chi connectivity index (χ1v) is 29.6. The van der Waals surface area contributed by atoms with Crippen LogP contribution in [0.5, 0.6) is 0 Å². The van der Waals surface area contributed by atoms with E-state index in [1.54, 1.807) is 0 Å². The summed E-state index contributed by atoms with van der Waals surface area (Å²) in [6.45, 7) is 4.22. The van der Waals surface area contributed by atoms with Gasteiger partial charge >= 0.3 is 0 Å². The van der Waals surface area contributed by atoms with Crippen LogP contribution in [0.25, 0.3) is 0 Å². The zero-order valence-corrected chi connectivity index (χ0v) is 44.1. The molecule has 0 spiro atoms. The van der Waals surface area contributed by atoms with Gasteiger partial charge < -0.3 is 20.6 Å². The Morgan fingerprint density at radius 1 is 0.385 bits per heavy atom. The third-order valence-electron chi connectivity index (χ3n) is 14.1. The minimum atomic E-state index is -1.14. The molecule has 3 atom stereocenters. The van der Waals surface area contributed by atoms with Gasteiger partial charge in [0.2, 0.25) is 5.91 Å². The standard InChI is InChI=1S/C60H117NO4/c1-3-5-7-9-11-13-15-17-19-21-23-25-27-28-29-30-31-32-33-35-37-39-41-43-45-47-49-51-53-55-59(64)61-57(56-62)60(65)58(63)54-52-50-48-46-44-42-40-38-36-34-26-24-22-20-18-16-14-12-10-8-6-4-2/h23,25,28-29,57-58,60,62-63,65H,3-22,24,26-27,30-56H2,1-2H3,(H,61,64)/b25-23-,29-28-. The molecule has 0 bridgehead atoms. The third kappa shape index (κ3) is 50.5. The average molecular weight is 917 g/mol. The molecule has 5 nitrogen and oxygen atoms in total. The Kier molecular flexibility index (Phi) is 54.4. The van der Waals surface area contributed by atoms with Gasteiger partial charge in [0, 0.05) is 6.42 Å². The van der Waals surface area contributed by atoms with Crippen molar-refractivity contribution in [1.82, 2.24) is 5.32 Å². The normalized spacial score (nSPS) is 13.4. The Morgan fingerprint density at radius 2 is 0.662 bits per heavy atom. The number of rotatable bonds is 55. The lowest BCUT2D eigenvalue weighted by Crippen LogP contribution is -2.50. The van der Waals surface area contributed by atoms with Crippen molar-refractivity contribution < 1.29 is 20.1 Å². The summed E-state index contributed by atoms with van der Waals surface area (Å²) < 4.78 is 0. The summed E-state index contributed by atoms with van der Waals surface area (Å²) in [5.74, 6) is -0.140. The monoisotopic (exact) mass is 916 g/mol. The van der Waals surface area contributed by atoms with E-state index in [9.17, 15) is 20.1 Å². The van der Waals surface area contributed by atoms with Crippen LogP contribution in [0.4, 0.5) is 0 Å². The van der Waals surface area contributed by atoms with Gasteiger partial charge in [-0.2, -0.15) is 0 Å². The minimum Gasteiger partial charge on any atom is -0.394 e. The second kappa shape index (κ2) is 55.4. The summed E-state index contributed by atoms with van der Waals surface area (Å²) in [4.78, 5) is 12.5. The van der Waals surface area contributed by atoms with Crippen LogP contribution >= 0.6 is 0 Å². The van der Waals surface area contributed by atoms with E-state index in [-0.39, 0.29) is 12.5 Å². The fourth-order valence-electron chi connectivity index (χ4n) is 9.49. The molecule has 3 unspecified atom stereocenters. The molecule has 5 heteroatoms. The van der Waals surface area contributed by atoms with E-state index in [0.717, 1.165) is 38.5 Å². The van der Waals surface area contributed by atoms with Gasteiger partial charge in [0.15, 0.2) is 0 Å². The van der Waals surface area contributed by atoms with Gasteiger partial charge in [0.25, 0.3) is 0 Å². The summed E-state index contributed by atoms with van der Waals surface area (Å²) >= 11 is 0. The Labute approximate surface area is 407 Å². The summed E-state index contributed by atoms with van der Waals surface area (Å²) in [6.07, 6.45) is 70.5. The molecule has 0 aromatic rings. The maximum atomic E-state index is 12.5. The molecule has 0 aliphatic rings. The highest BCUT2D eigenvalue weighted by atomic mass is 16.3. The number of aliphatic hydroxyl groups is 3. The number of aliphatic hydroxyl groups excluding tert-OH is 3. The van der Waals surface area contributed by atoms with E-state index in [1.165, 1.54) is 263 Å². The Balaban J connectivity index is 3.52. The molecule has 0 heterocycles. The molecule has 0 fully saturated rings. The van der Waals surface area contributed by atoms with E-state index in [1.807, 2.05) is 0 Å². The van der Waals surface area contributed by atoms with Gasteiger partial charge in [-0.3, -0.25) is 4.79 Å². The van der Waals surface area contributed by atoms with Gasteiger partial charge in [0.1, 0.15) is 6.10 Å². The van der Waals surface area contributed by atoms with Crippen molar-refractivity contribution in [2.75, 3.05) is 6.61 Å². The molecular weight excluding hydrogens is 799 g/mol. The highest BCUT2D eigenvalue weighted by molar-refractivity contribution is 5.76. The highest BCUT2D eigenvalue weighted by Crippen LogP contribution is 2.18. The van der Waals surface area contributed by atoms with Crippen LogP contribution in [0.2, 0.25) is 0 Å². The quantitative estimate of drug-likeness (QED) is 0.0361. The van der Waals surface area contributed by atoms with E-state index < -0.39 is 18.2 Å². The van der Waals surface area contributed by atoms with Crippen LogP contribution < -0.4 is 5.32 Å². The molecule has 1 amide bonds. The lowest BCUT2D eigenvalue weighted by Gasteiger charge is -2.26. The molecule has 65 heavy (non-hydrogen) atoms. The molecule has 0 saturated heterocycles. The molecule has 0 aliphatic heterocycles. The van der Waals surface area contributed by atoms with Crippen LogP contribution in [-0.4, -0.2) is 46.1 Å². The molecule has 0 saturated carbocycles. The summed E-state index contributed by atoms with van der Waals surface area (Å²) in [5.41, 5.74) is 0. The fourth-order valence-corrected chi connectivity index (χ4v) is 9.49. The van der Waals surface area contributed by atoms with Gasteiger partial charge in [0.05, 0.1) is 18.8 Å². The van der Waals surface area contributed by atoms with Crippen molar-refractivity contribution >= 4 is 5.91 Å². The Hall–Kier alpha value is -1.17. The van der Waals surface area contributed by atoms with Crippen LogP contribution in [0.3, 0.4) is 0 Å². The Bertz CT molecular complexity index is 967. The lowest BCUT2D eigenvalue weighted by atomic mass is 9.99. The number of hydrogen-bond acceptors (Lipinski definition) is 4. The summed E-state index contributed by atoms with van der Waals surface area (Å²) in [7, 11) is 0. The number of allylic oxidation sites excluding steroid dienone is 4. The van der Waals surface area contributed by atoms with E-state index in [0.29, 0.717) is 12.8 Å². The number of nitrogens with one attached hydrogen (secondary N) is 1. The van der Waals surface area contributed by atoms with Crippen molar-refractivity contribution in [3.8, 4) is 0 Å². The van der Waals surface area contributed by atoms with Gasteiger partial charge in [-0.15, -0.1) is 0 Å². The lowest BCUT2D eigenvalue weighted by molar-refractivity contribution is -0.124. The van der Waals surface area contributed by atoms with Gasteiger partial charge in [-0.25, -0.2) is 0 Å². The molecule has 4 N–H and O–H groups in total. The first kappa shape index (κ1) is 63.8. The molecule has 0 aromatic carbocycles. The average Bonchev–Trinajstić information content (AvgIpc) is 3.31. The second-order valence-electron chi connectivity index (χ2n) is 20.6. The molecular formula is C60H117NO4. The number of carbonyl (C=O) groups excluding carboxylic acids is 1.